The van der Waals surface area contributed by atoms with Crippen molar-refractivity contribution < 1.29 is 9.53 Å². The molecule has 1 aromatic rings. The van der Waals surface area contributed by atoms with Crippen LogP contribution in [0.25, 0.3) is 0 Å². The molecular formula is C19H29N3O2. The Bertz CT molecular complexity index is 535. The second-order valence-electron chi connectivity index (χ2n) is 6.67. The van der Waals surface area contributed by atoms with Gasteiger partial charge in [0.25, 0.3) is 0 Å². The molecule has 1 N–H and O–H groups in total. The summed E-state index contributed by atoms with van der Waals surface area (Å²) in [6, 6.07) is 8.33. The highest BCUT2D eigenvalue weighted by atomic mass is 16.5. The lowest BCUT2D eigenvalue weighted by Gasteiger charge is -2.40. The molecule has 1 saturated carbocycles. The Kier molecular flexibility index (Phi) is 5.96. The summed E-state index contributed by atoms with van der Waals surface area (Å²) in [4.78, 5) is 17.0. The number of benzene rings is 1. The van der Waals surface area contributed by atoms with Crippen molar-refractivity contribution in [1.82, 2.24) is 9.80 Å². The Morgan fingerprint density at radius 2 is 1.83 bits per heavy atom. The van der Waals surface area contributed by atoms with E-state index >= 15 is 0 Å². The molecule has 1 aliphatic heterocycles. The van der Waals surface area contributed by atoms with Gasteiger partial charge in [0, 0.05) is 32.2 Å². The average Bonchev–Trinajstić information content (AvgIpc) is 2.64. The zero-order valence-electron chi connectivity index (χ0n) is 14.7. The molecule has 0 bridgehead atoms. The van der Waals surface area contributed by atoms with Crippen LogP contribution in [0.2, 0.25) is 0 Å². The van der Waals surface area contributed by atoms with Gasteiger partial charge in [0.2, 0.25) is 0 Å². The summed E-state index contributed by atoms with van der Waals surface area (Å²) in [5.74, 6) is 0.731. The number of carbonyl (C=O) groups excluding carboxylic acids is 1. The first-order chi connectivity index (χ1) is 11.8. The van der Waals surface area contributed by atoms with E-state index in [4.69, 9.17) is 4.74 Å². The first-order valence-corrected chi connectivity index (χ1v) is 9.29. The summed E-state index contributed by atoms with van der Waals surface area (Å²) in [5.41, 5.74) is 0.749. The molecule has 0 radical (unpaired) electrons. The number of amides is 2. The van der Waals surface area contributed by atoms with Crippen molar-refractivity contribution in [3.63, 3.8) is 0 Å². The Morgan fingerprint density at radius 3 is 2.54 bits per heavy atom. The lowest BCUT2D eigenvalue weighted by molar-refractivity contribution is 0.0943. The fourth-order valence-electron chi connectivity index (χ4n) is 3.78. The van der Waals surface area contributed by atoms with Crippen LogP contribution in [0.5, 0.6) is 5.75 Å². The first kappa shape index (κ1) is 17.1. The molecule has 0 unspecified atom stereocenters. The fraction of sp³-hybridized carbons (Fsp3) is 0.632. The molecule has 2 fully saturated rings. The van der Waals surface area contributed by atoms with Crippen LogP contribution in [0.1, 0.15) is 39.0 Å². The summed E-state index contributed by atoms with van der Waals surface area (Å²) in [7, 11) is 0. The molecule has 1 saturated heterocycles. The van der Waals surface area contributed by atoms with Crippen molar-refractivity contribution in [3.8, 4) is 5.75 Å². The summed E-state index contributed by atoms with van der Waals surface area (Å²) in [6.45, 7) is 6.13. The second kappa shape index (κ2) is 8.38. The Labute approximate surface area is 145 Å². The van der Waals surface area contributed by atoms with Gasteiger partial charge < -0.3 is 15.0 Å². The van der Waals surface area contributed by atoms with Gasteiger partial charge in [-0.05, 0) is 31.9 Å². The third-order valence-corrected chi connectivity index (χ3v) is 5.12. The maximum absolute atomic E-state index is 12.5. The lowest BCUT2D eigenvalue weighted by atomic mass is 9.94. The molecular weight excluding hydrogens is 302 g/mol. The number of carbonyl (C=O) groups is 1. The molecule has 2 amide bonds. The van der Waals surface area contributed by atoms with E-state index < -0.39 is 0 Å². The van der Waals surface area contributed by atoms with Gasteiger partial charge in [-0.25, -0.2) is 4.79 Å². The monoisotopic (exact) mass is 331 g/mol. The first-order valence-electron chi connectivity index (χ1n) is 9.29. The summed E-state index contributed by atoms with van der Waals surface area (Å²) < 4.78 is 5.58. The van der Waals surface area contributed by atoms with Crippen molar-refractivity contribution in [2.24, 2.45) is 0 Å². The van der Waals surface area contributed by atoms with E-state index in [9.17, 15) is 4.79 Å². The zero-order valence-corrected chi connectivity index (χ0v) is 14.7. The normalized spacial score (nSPS) is 20.0. The third kappa shape index (κ3) is 4.20. The molecule has 24 heavy (non-hydrogen) atoms. The maximum Gasteiger partial charge on any atom is 0.322 e. The van der Waals surface area contributed by atoms with E-state index in [0.717, 1.165) is 43.7 Å². The van der Waals surface area contributed by atoms with Crippen LogP contribution in [0.15, 0.2) is 24.3 Å². The van der Waals surface area contributed by atoms with E-state index in [0.29, 0.717) is 6.61 Å². The molecule has 1 aliphatic carbocycles. The van der Waals surface area contributed by atoms with E-state index in [1.165, 1.54) is 32.1 Å². The van der Waals surface area contributed by atoms with E-state index in [-0.39, 0.29) is 6.03 Å². The number of hydrogen-bond acceptors (Lipinski definition) is 3. The zero-order chi connectivity index (χ0) is 16.8. The number of piperazine rings is 1. The fourth-order valence-corrected chi connectivity index (χ4v) is 3.78. The van der Waals surface area contributed by atoms with Crippen molar-refractivity contribution in [1.29, 1.82) is 0 Å². The van der Waals surface area contributed by atoms with Crippen molar-refractivity contribution in [2.75, 3.05) is 38.1 Å². The standard InChI is InChI=1S/C19H29N3O2/c1-2-24-18-11-7-6-10-17(18)20-19(23)22-14-12-21(13-15-22)16-8-4-3-5-9-16/h6-7,10-11,16H,2-5,8-9,12-15H2,1H3,(H,20,23). The van der Waals surface area contributed by atoms with Gasteiger partial charge >= 0.3 is 6.03 Å². The molecule has 1 aromatic carbocycles. The van der Waals surface area contributed by atoms with Crippen LogP contribution in [0, 0.1) is 0 Å². The summed E-state index contributed by atoms with van der Waals surface area (Å²) >= 11 is 0. The highest BCUT2D eigenvalue weighted by Crippen LogP contribution is 2.25. The Hall–Kier alpha value is -1.75. The minimum Gasteiger partial charge on any atom is -0.492 e. The smallest absolute Gasteiger partial charge is 0.322 e. The number of anilines is 1. The molecule has 0 spiro atoms. The quantitative estimate of drug-likeness (QED) is 0.917. The molecule has 5 heteroatoms. The topological polar surface area (TPSA) is 44.8 Å². The second-order valence-corrected chi connectivity index (χ2v) is 6.67. The summed E-state index contributed by atoms with van der Waals surface area (Å²) in [5, 5.41) is 3.00. The minimum atomic E-state index is -0.0227. The van der Waals surface area contributed by atoms with Gasteiger partial charge in [-0.2, -0.15) is 0 Å². The van der Waals surface area contributed by atoms with E-state index in [1.54, 1.807) is 0 Å². The minimum absolute atomic E-state index is 0.0227. The highest BCUT2D eigenvalue weighted by molar-refractivity contribution is 5.91. The van der Waals surface area contributed by atoms with Gasteiger partial charge in [0.1, 0.15) is 5.75 Å². The van der Waals surface area contributed by atoms with Crippen molar-refractivity contribution in [2.45, 2.75) is 45.1 Å². The molecule has 5 nitrogen and oxygen atoms in total. The van der Waals surface area contributed by atoms with Crippen molar-refractivity contribution >= 4 is 11.7 Å². The van der Waals surface area contributed by atoms with Gasteiger partial charge in [-0.15, -0.1) is 0 Å². The SMILES string of the molecule is CCOc1ccccc1NC(=O)N1CCN(C2CCCCC2)CC1. The van der Waals surface area contributed by atoms with Crippen LogP contribution >= 0.6 is 0 Å². The molecule has 0 atom stereocenters. The Balaban J connectivity index is 1.52. The number of urea groups is 1. The van der Waals surface area contributed by atoms with E-state index in [2.05, 4.69) is 10.2 Å². The predicted molar refractivity (Wildman–Crippen MR) is 96.6 cm³/mol. The molecule has 2 aliphatic rings. The lowest BCUT2D eigenvalue weighted by Crippen LogP contribution is -2.53. The van der Waals surface area contributed by atoms with Gasteiger partial charge in [0.05, 0.1) is 12.3 Å². The highest BCUT2D eigenvalue weighted by Gasteiger charge is 2.27. The van der Waals surface area contributed by atoms with Crippen LogP contribution in [-0.4, -0.2) is 54.7 Å². The largest absolute Gasteiger partial charge is 0.492 e. The molecule has 1 heterocycles. The van der Waals surface area contributed by atoms with Crippen LogP contribution in [0.4, 0.5) is 10.5 Å². The van der Waals surface area contributed by atoms with Crippen LogP contribution in [0.3, 0.4) is 0 Å². The van der Waals surface area contributed by atoms with Gasteiger partial charge in [-0.3, -0.25) is 4.90 Å². The van der Waals surface area contributed by atoms with Crippen LogP contribution < -0.4 is 10.1 Å². The summed E-state index contributed by atoms with van der Waals surface area (Å²) in [6.07, 6.45) is 6.76. The maximum atomic E-state index is 12.5. The number of nitrogens with one attached hydrogen (secondary N) is 1. The van der Waals surface area contributed by atoms with Gasteiger partial charge in [0.15, 0.2) is 0 Å². The number of rotatable bonds is 4. The third-order valence-electron chi connectivity index (χ3n) is 5.12. The number of hydrogen-bond donors (Lipinski definition) is 1. The number of ether oxygens (including phenoxy) is 1. The molecule has 3 rings (SSSR count). The van der Waals surface area contributed by atoms with E-state index in [1.807, 2.05) is 36.1 Å². The van der Waals surface area contributed by atoms with Crippen LogP contribution in [-0.2, 0) is 0 Å². The number of para-hydroxylation sites is 2. The molecule has 0 aromatic heterocycles. The average molecular weight is 331 g/mol. The van der Waals surface area contributed by atoms with Gasteiger partial charge in [-0.1, -0.05) is 31.4 Å². The Morgan fingerprint density at radius 1 is 1.12 bits per heavy atom. The predicted octanol–water partition coefficient (Wildman–Crippen LogP) is 3.57. The molecule has 132 valence electrons. The number of nitrogens with zero attached hydrogens (tertiary/aromatic N) is 2. The van der Waals surface area contributed by atoms with Crippen molar-refractivity contribution in [3.05, 3.63) is 24.3 Å².